The van der Waals surface area contributed by atoms with Crippen molar-refractivity contribution in [2.24, 2.45) is 5.92 Å². The monoisotopic (exact) mass is 112 g/mol. The van der Waals surface area contributed by atoms with E-state index in [0.717, 1.165) is 12.8 Å². The van der Waals surface area contributed by atoms with Gasteiger partial charge in [0, 0.05) is 0 Å². The number of aliphatic hydroxyl groups is 1. The molecule has 0 bridgehead atoms. The Bertz CT molecular complexity index is 96.6. The first-order chi connectivity index (χ1) is 3.80. The second-order valence-corrected chi connectivity index (χ2v) is 2.47. The average Bonchev–Trinajstić information content (AvgIpc) is 1.77. The molecule has 0 radical (unpaired) electrons. The van der Waals surface area contributed by atoms with E-state index in [-0.39, 0.29) is 6.10 Å². The third-order valence-electron chi connectivity index (χ3n) is 1.70. The lowest BCUT2D eigenvalue weighted by atomic mass is 9.94. The summed E-state index contributed by atoms with van der Waals surface area (Å²) in [6.45, 7) is 2.08. The maximum absolute atomic E-state index is 9.09. The molecule has 8 heavy (non-hydrogen) atoms. The highest BCUT2D eigenvalue weighted by Gasteiger charge is 2.12. The van der Waals surface area contributed by atoms with E-state index in [1.807, 2.05) is 12.2 Å². The quantitative estimate of drug-likeness (QED) is 0.469. The minimum Gasteiger partial charge on any atom is -0.389 e. The minimum atomic E-state index is -0.177. The first-order valence-corrected chi connectivity index (χ1v) is 3.15. The van der Waals surface area contributed by atoms with E-state index in [1.54, 1.807) is 0 Å². The molecule has 1 nitrogen and oxygen atoms in total. The van der Waals surface area contributed by atoms with Crippen LogP contribution in [0, 0.1) is 5.92 Å². The number of rotatable bonds is 0. The smallest absolute Gasteiger partial charge is 0.0746 e. The highest BCUT2D eigenvalue weighted by molar-refractivity contribution is 4.95. The fourth-order valence-corrected chi connectivity index (χ4v) is 0.955. The van der Waals surface area contributed by atoms with Gasteiger partial charge in [0.05, 0.1) is 6.10 Å². The molecule has 0 aromatic rings. The third-order valence-corrected chi connectivity index (χ3v) is 1.70. The molecule has 1 heteroatoms. The molecule has 2 atom stereocenters. The number of hydrogen-bond acceptors (Lipinski definition) is 1. The lowest BCUT2D eigenvalue weighted by molar-refractivity contribution is 0.151. The van der Waals surface area contributed by atoms with Gasteiger partial charge in [0.25, 0.3) is 0 Å². The molecular weight excluding hydrogens is 100 g/mol. The topological polar surface area (TPSA) is 20.2 Å². The first kappa shape index (κ1) is 5.83. The normalized spacial score (nSPS) is 37.8. The van der Waals surface area contributed by atoms with Gasteiger partial charge in [-0.1, -0.05) is 19.1 Å². The molecule has 1 N–H and O–H groups in total. The van der Waals surface area contributed by atoms with Crippen LogP contribution in [0.1, 0.15) is 19.8 Å². The molecular formula is C7H12O. The van der Waals surface area contributed by atoms with Gasteiger partial charge in [0.1, 0.15) is 0 Å². The van der Waals surface area contributed by atoms with Gasteiger partial charge in [-0.25, -0.2) is 0 Å². The van der Waals surface area contributed by atoms with E-state index in [0.29, 0.717) is 5.92 Å². The van der Waals surface area contributed by atoms with Crippen molar-refractivity contribution in [2.75, 3.05) is 0 Å². The Hall–Kier alpha value is -0.300. The van der Waals surface area contributed by atoms with Gasteiger partial charge in [-0.05, 0) is 18.8 Å². The van der Waals surface area contributed by atoms with Crippen LogP contribution in [0.5, 0.6) is 0 Å². The molecule has 1 aliphatic carbocycles. The highest BCUT2D eigenvalue weighted by Crippen LogP contribution is 2.16. The standard InChI is InChI=1S/C7H12O/c1-6-4-2-3-5-7(6)8/h3,5-8H,2,4H2,1H3/t6?,7-/m1/s1. The number of hydrogen-bond donors (Lipinski definition) is 1. The molecule has 46 valence electrons. The molecule has 1 unspecified atom stereocenters. The van der Waals surface area contributed by atoms with Crippen molar-refractivity contribution in [3.8, 4) is 0 Å². The van der Waals surface area contributed by atoms with E-state index in [4.69, 9.17) is 5.11 Å². The molecule has 0 fully saturated rings. The Morgan fingerprint density at radius 1 is 1.62 bits per heavy atom. The van der Waals surface area contributed by atoms with Crippen molar-refractivity contribution in [1.82, 2.24) is 0 Å². The summed E-state index contributed by atoms with van der Waals surface area (Å²) >= 11 is 0. The zero-order chi connectivity index (χ0) is 5.98. The van der Waals surface area contributed by atoms with E-state index in [2.05, 4.69) is 6.92 Å². The van der Waals surface area contributed by atoms with E-state index < -0.39 is 0 Å². The molecule has 0 amide bonds. The van der Waals surface area contributed by atoms with Gasteiger partial charge in [-0.15, -0.1) is 0 Å². The Labute approximate surface area is 50.0 Å². The molecule has 0 heterocycles. The summed E-state index contributed by atoms with van der Waals surface area (Å²) in [6.07, 6.45) is 6.03. The molecule has 0 saturated heterocycles. The van der Waals surface area contributed by atoms with Crippen LogP contribution in [-0.4, -0.2) is 11.2 Å². The Balaban J connectivity index is 2.47. The first-order valence-electron chi connectivity index (χ1n) is 3.15. The molecule has 0 saturated carbocycles. The number of allylic oxidation sites excluding steroid dienone is 1. The second-order valence-electron chi connectivity index (χ2n) is 2.47. The zero-order valence-electron chi connectivity index (χ0n) is 5.17. The van der Waals surface area contributed by atoms with Crippen molar-refractivity contribution in [3.05, 3.63) is 12.2 Å². The van der Waals surface area contributed by atoms with Crippen molar-refractivity contribution in [1.29, 1.82) is 0 Å². The lowest BCUT2D eigenvalue weighted by Gasteiger charge is -2.17. The molecule has 1 rings (SSSR count). The summed E-state index contributed by atoms with van der Waals surface area (Å²) < 4.78 is 0. The van der Waals surface area contributed by atoms with Crippen LogP contribution in [0.15, 0.2) is 12.2 Å². The average molecular weight is 112 g/mol. The van der Waals surface area contributed by atoms with Gasteiger partial charge < -0.3 is 5.11 Å². The van der Waals surface area contributed by atoms with Gasteiger partial charge in [-0.2, -0.15) is 0 Å². The molecule has 0 aromatic carbocycles. The maximum atomic E-state index is 9.09. The summed E-state index contributed by atoms with van der Waals surface area (Å²) in [5.74, 6) is 0.472. The zero-order valence-corrected chi connectivity index (χ0v) is 5.17. The van der Waals surface area contributed by atoms with Crippen molar-refractivity contribution in [2.45, 2.75) is 25.9 Å². The van der Waals surface area contributed by atoms with Crippen LogP contribution in [0.2, 0.25) is 0 Å². The summed E-state index contributed by atoms with van der Waals surface area (Å²) in [6, 6.07) is 0. The van der Waals surface area contributed by atoms with Crippen LogP contribution in [-0.2, 0) is 0 Å². The van der Waals surface area contributed by atoms with Gasteiger partial charge in [0.2, 0.25) is 0 Å². The van der Waals surface area contributed by atoms with Crippen molar-refractivity contribution >= 4 is 0 Å². The van der Waals surface area contributed by atoms with Crippen LogP contribution < -0.4 is 0 Å². The predicted octanol–water partition coefficient (Wildman–Crippen LogP) is 1.33. The number of aliphatic hydroxyl groups excluding tert-OH is 1. The lowest BCUT2D eigenvalue weighted by Crippen LogP contribution is -2.16. The molecule has 1 aliphatic rings. The van der Waals surface area contributed by atoms with E-state index >= 15 is 0 Å². The summed E-state index contributed by atoms with van der Waals surface area (Å²) in [7, 11) is 0. The summed E-state index contributed by atoms with van der Waals surface area (Å²) in [4.78, 5) is 0. The van der Waals surface area contributed by atoms with Crippen LogP contribution in [0.4, 0.5) is 0 Å². The van der Waals surface area contributed by atoms with E-state index in [9.17, 15) is 0 Å². The maximum Gasteiger partial charge on any atom is 0.0746 e. The van der Waals surface area contributed by atoms with Crippen LogP contribution in [0.25, 0.3) is 0 Å². The van der Waals surface area contributed by atoms with Gasteiger partial charge in [0.15, 0.2) is 0 Å². The summed E-state index contributed by atoms with van der Waals surface area (Å²) in [5, 5.41) is 9.09. The highest BCUT2D eigenvalue weighted by atomic mass is 16.3. The molecule has 0 aromatic heterocycles. The van der Waals surface area contributed by atoms with Crippen LogP contribution >= 0.6 is 0 Å². The van der Waals surface area contributed by atoms with Crippen molar-refractivity contribution in [3.63, 3.8) is 0 Å². The fourth-order valence-electron chi connectivity index (χ4n) is 0.955. The Morgan fingerprint density at radius 2 is 2.38 bits per heavy atom. The van der Waals surface area contributed by atoms with Crippen molar-refractivity contribution < 1.29 is 5.11 Å². The Kier molecular flexibility index (Phi) is 1.69. The SMILES string of the molecule is CC1CCC=C[C@H]1O. The van der Waals surface area contributed by atoms with E-state index in [1.165, 1.54) is 0 Å². The minimum absolute atomic E-state index is 0.177. The van der Waals surface area contributed by atoms with Gasteiger partial charge in [-0.3, -0.25) is 0 Å². The second kappa shape index (κ2) is 2.31. The molecule has 0 aliphatic heterocycles. The molecule has 0 spiro atoms. The fraction of sp³-hybridized carbons (Fsp3) is 0.714. The third kappa shape index (κ3) is 1.10. The van der Waals surface area contributed by atoms with Crippen LogP contribution in [0.3, 0.4) is 0 Å². The Morgan fingerprint density at radius 3 is 2.75 bits per heavy atom. The van der Waals surface area contributed by atoms with Gasteiger partial charge >= 0.3 is 0 Å². The summed E-state index contributed by atoms with van der Waals surface area (Å²) in [5.41, 5.74) is 0. The largest absolute Gasteiger partial charge is 0.389 e. The predicted molar refractivity (Wildman–Crippen MR) is 33.5 cm³/mol.